The van der Waals surface area contributed by atoms with E-state index in [1.54, 1.807) is 0 Å². The van der Waals surface area contributed by atoms with Crippen molar-refractivity contribution in [1.82, 2.24) is 4.98 Å². The van der Waals surface area contributed by atoms with E-state index in [-0.39, 0.29) is 12.1 Å². The Bertz CT molecular complexity index is 317. The quantitative estimate of drug-likeness (QED) is 0.724. The van der Waals surface area contributed by atoms with Gasteiger partial charge in [-0.05, 0) is 12.1 Å². The van der Waals surface area contributed by atoms with Crippen LogP contribution in [0.5, 0.6) is 0 Å². The molecule has 3 N–H and O–H groups in total. The smallest absolute Gasteiger partial charge is 0.305 e. The van der Waals surface area contributed by atoms with Crippen LogP contribution in [0.25, 0.3) is 0 Å². The topological polar surface area (TPSA) is 76.2 Å². The number of carboxylic acid groups (broad SMARTS) is 1. The summed E-state index contributed by atoms with van der Waals surface area (Å²) < 4.78 is 13.0. The highest BCUT2D eigenvalue weighted by Crippen LogP contribution is 2.14. The van der Waals surface area contributed by atoms with Gasteiger partial charge in [0.25, 0.3) is 0 Å². The van der Waals surface area contributed by atoms with E-state index in [4.69, 9.17) is 10.8 Å². The molecule has 0 aliphatic rings. The van der Waals surface area contributed by atoms with E-state index in [9.17, 15) is 9.18 Å². The fourth-order valence-corrected chi connectivity index (χ4v) is 0.956. The molecule has 70 valence electrons. The van der Waals surface area contributed by atoms with Gasteiger partial charge in [-0.3, -0.25) is 9.78 Å². The number of nitrogens with zero attached hydrogens (tertiary/aromatic N) is 1. The summed E-state index contributed by atoms with van der Waals surface area (Å²) in [7, 11) is 0. The van der Waals surface area contributed by atoms with Crippen LogP contribution in [0.3, 0.4) is 0 Å². The van der Waals surface area contributed by atoms with E-state index in [0.717, 1.165) is 0 Å². The number of hydrogen-bond donors (Lipinski definition) is 2. The first-order valence-corrected chi connectivity index (χ1v) is 3.69. The lowest BCUT2D eigenvalue weighted by molar-refractivity contribution is -0.137. The molecule has 5 heteroatoms. The molecule has 0 saturated carbocycles. The average molecular weight is 184 g/mol. The molecular formula is C8H9FN2O2. The zero-order valence-corrected chi connectivity index (χ0v) is 6.77. The second kappa shape index (κ2) is 3.95. The SMILES string of the molecule is N[C@H](CC(=O)O)c1ncccc1F. The summed E-state index contributed by atoms with van der Waals surface area (Å²) in [4.78, 5) is 13.9. The zero-order chi connectivity index (χ0) is 9.84. The molecule has 0 amide bonds. The largest absolute Gasteiger partial charge is 0.481 e. The number of nitrogens with two attached hydrogens (primary N) is 1. The number of aliphatic carboxylic acids is 1. The van der Waals surface area contributed by atoms with Gasteiger partial charge in [0.05, 0.1) is 18.2 Å². The Balaban J connectivity index is 2.82. The van der Waals surface area contributed by atoms with Gasteiger partial charge in [-0.15, -0.1) is 0 Å². The van der Waals surface area contributed by atoms with Crippen LogP contribution in [0.4, 0.5) is 4.39 Å². The third-order valence-electron chi connectivity index (χ3n) is 1.53. The molecule has 0 fully saturated rings. The molecule has 0 aliphatic heterocycles. The number of hydrogen-bond acceptors (Lipinski definition) is 3. The van der Waals surface area contributed by atoms with Crippen LogP contribution < -0.4 is 5.73 Å². The number of carbonyl (C=O) groups is 1. The van der Waals surface area contributed by atoms with Gasteiger partial charge in [0, 0.05) is 6.20 Å². The highest BCUT2D eigenvalue weighted by atomic mass is 19.1. The summed E-state index contributed by atoms with van der Waals surface area (Å²) in [5, 5.41) is 8.41. The minimum absolute atomic E-state index is 0.00935. The first kappa shape index (κ1) is 9.60. The Morgan fingerprint density at radius 2 is 2.46 bits per heavy atom. The molecule has 1 atom stereocenters. The Labute approximate surface area is 74.2 Å². The molecule has 0 aromatic carbocycles. The molecule has 13 heavy (non-hydrogen) atoms. The van der Waals surface area contributed by atoms with Crippen molar-refractivity contribution in [1.29, 1.82) is 0 Å². The van der Waals surface area contributed by atoms with Crippen LogP contribution in [-0.2, 0) is 4.79 Å². The molecule has 1 rings (SSSR count). The summed E-state index contributed by atoms with van der Waals surface area (Å²) in [6.45, 7) is 0. The average Bonchev–Trinajstić information content (AvgIpc) is 2.03. The van der Waals surface area contributed by atoms with Gasteiger partial charge in [-0.2, -0.15) is 0 Å². The van der Waals surface area contributed by atoms with Gasteiger partial charge < -0.3 is 10.8 Å². The maximum atomic E-state index is 13.0. The summed E-state index contributed by atoms with van der Waals surface area (Å²) in [6.07, 6.45) is 1.05. The zero-order valence-electron chi connectivity index (χ0n) is 6.77. The standard InChI is InChI=1S/C8H9FN2O2/c9-5-2-1-3-11-8(5)6(10)4-7(12)13/h1-3,6H,4,10H2,(H,12,13)/t6-/m1/s1. The Hall–Kier alpha value is -1.49. The minimum atomic E-state index is -1.07. The highest BCUT2D eigenvalue weighted by Gasteiger charge is 2.15. The van der Waals surface area contributed by atoms with Crippen molar-refractivity contribution in [2.45, 2.75) is 12.5 Å². The van der Waals surface area contributed by atoms with Crippen molar-refractivity contribution in [2.75, 3.05) is 0 Å². The van der Waals surface area contributed by atoms with E-state index >= 15 is 0 Å². The van der Waals surface area contributed by atoms with Gasteiger partial charge in [-0.25, -0.2) is 4.39 Å². The van der Waals surface area contributed by atoms with Gasteiger partial charge in [-0.1, -0.05) is 0 Å². The number of carboxylic acids is 1. The molecule has 0 radical (unpaired) electrons. The second-order valence-corrected chi connectivity index (χ2v) is 2.57. The molecule has 0 aliphatic carbocycles. The minimum Gasteiger partial charge on any atom is -0.481 e. The Morgan fingerprint density at radius 3 is 3.00 bits per heavy atom. The monoisotopic (exact) mass is 184 g/mol. The molecule has 0 spiro atoms. The van der Waals surface area contributed by atoms with Crippen LogP contribution in [0.15, 0.2) is 18.3 Å². The highest BCUT2D eigenvalue weighted by molar-refractivity contribution is 5.67. The lowest BCUT2D eigenvalue weighted by Crippen LogP contribution is -2.17. The van der Waals surface area contributed by atoms with Crippen LogP contribution in [0.2, 0.25) is 0 Å². The molecule has 1 aromatic heterocycles. The van der Waals surface area contributed by atoms with Gasteiger partial charge >= 0.3 is 5.97 Å². The maximum absolute atomic E-state index is 13.0. The first-order chi connectivity index (χ1) is 6.11. The predicted octanol–water partition coefficient (Wildman–Crippen LogP) is 0.695. The van der Waals surface area contributed by atoms with Gasteiger partial charge in [0.2, 0.25) is 0 Å². The van der Waals surface area contributed by atoms with E-state index < -0.39 is 17.8 Å². The van der Waals surface area contributed by atoms with E-state index in [1.807, 2.05) is 0 Å². The van der Waals surface area contributed by atoms with Crippen molar-refractivity contribution in [3.8, 4) is 0 Å². The molecule has 1 heterocycles. The number of rotatable bonds is 3. The van der Waals surface area contributed by atoms with E-state index in [0.29, 0.717) is 0 Å². The van der Waals surface area contributed by atoms with Crippen molar-refractivity contribution >= 4 is 5.97 Å². The van der Waals surface area contributed by atoms with Crippen molar-refractivity contribution < 1.29 is 14.3 Å². The second-order valence-electron chi connectivity index (χ2n) is 2.57. The first-order valence-electron chi connectivity index (χ1n) is 3.69. The summed E-state index contributed by atoms with van der Waals surface area (Å²) in [5.41, 5.74) is 5.40. The molecule has 0 unspecified atom stereocenters. The third kappa shape index (κ3) is 2.48. The van der Waals surface area contributed by atoms with E-state index in [1.165, 1.54) is 18.3 Å². The van der Waals surface area contributed by atoms with Crippen LogP contribution in [0, 0.1) is 5.82 Å². The lowest BCUT2D eigenvalue weighted by Gasteiger charge is -2.08. The van der Waals surface area contributed by atoms with Crippen LogP contribution in [0.1, 0.15) is 18.2 Å². The van der Waals surface area contributed by atoms with Gasteiger partial charge in [0.1, 0.15) is 5.82 Å². The number of pyridine rings is 1. The summed E-state index contributed by atoms with van der Waals surface area (Å²) in [5.74, 6) is -1.64. The third-order valence-corrected chi connectivity index (χ3v) is 1.53. The Morgan fingerprint density at radius 1 is 1.77 bits per heavy atom. The van der Waals surface area contributed by atoms with Gasteiger partial charge in [0.15, 0.2) is 0 Å². The van der Waals surface area contributed by atoms with Crippen LogP contribution in [-0.4, -0.2) is 16.1 Å². The predicted molar refractivity (Wildman–Crippen MR) is 43.4 cm³/mol. The Kier molecular flexibility index (Phi) is 2.92. The fourth-order valence-electron chi connectivity index (χ4n) is 0.956. The van der Waals surface area contributed by atoms with Crippen molar-refractivity contribution in [3.63, 3.8) is 0 Å². The number of halogens is 1. The molecule has 0 saturated heterocycles. The fraction of sp³-hybridized carbons (Fsp3) is 0.250. The van der Waals surface area contributed by atoms with Crippen LogP contribution >= 0.6 is 0 Å². The number of aromatic nitrogens is 1. The van der Waals surface area contributed by atoms with Crippen molar-refractivity contribution in [2.24, 2.45) is 5.73 Å². The maximum Gasteiger partial charge on any atom is 0.305 e. The molecule has 1 aromatic rings. The van der Waals surface area contributed by atoms with Crippen molar-refractivity contribution in [3.05, 3.63) is 29.8 Å². The molecular weight excluding hydrogens is 175 g/mol. The summed E-state index contributed by atoms with van der Waals surface area (Å²) >= 11 is 0. The molecule has 4 nitrogen and oxygen atoms in total. The molecule has 0 bridgehead atoms. The van der Waals surface area contributed by atoms with E-state index in [2.05, 4.69) is 4.98 Å². The summed E-state index contributed by atoms with van der Waals surface area (Å²) in [6, 6.07) is 1.73. The lowest BCUT2D eigenvalue weighted by atomic mass is 10.1. The normalized spacial score (nSPS) is 12.5.